The largest absolute Gasteiger partial charge is 0.316 e. The Morgan fingerprint density at radius 3 is 2.47 bits per heavy atom. The zero-order chi connectivity index (χ0) is 13.1. The Hall–Kier alpha value is -0.900. The van der Waals surface area contributed by atoms with Gasteiger partial charge >= 0.3 is 0 Å². The predicted molar refractivity (Wildman–Crippen MR) is 79.4 cm³/mol. The average Bonchev–Trinajstić information content (AvgIpc) is 2.96. The van der Waals surface area contributed by atoms with Crippen LogP contribution in [0.4, 0.5) is 0 Å². The number of piperazine rings is 1. The van der Waals surface area contributed by atoms with Crippen LogP contribution in [0.3, 0.4) is 0 Å². The molecule has 1 aromatic rings. The molecule has 104 valence electrons. The molecule has 0 spiro atoms. The second-order valence-corrected chi connectivity index (χ2v) is 6.01. The van der Waals surface area contributed by atoms with Crippen molar-refractivity contribution < 1.29 is 0 Å². The summed E-state index contributed by atoms with van der Waals surface area (Å²) in [4.78, 5) is 4.97. The SMILES string of the molecule is CN1CCN(Cc2ccc(C3CCNC3)cc2)CC1. The van der Waals surface area contributed by atoms with E-state index in [0.717, 1.165) is 19.0 Å². The molecule has 2 fully saturated rings. The molecule has 3 heteroatoms. The van der Waals surface area contributed by atoms with Crippen LogP contribution >= 0.6 is 0 Å². The minimum atomic E-state index is 0.734. The molecule has 2 saturated heterocycles. The first-order chi connectivity index (χ1) is 9.31. The zero-order valence-corrected chi connectivity index (χ0v) is 11.9. The van der Waals surface area contributed by atoms with Crippen LogP contribution in [0.1, 0.15) is 23.5 Å². The number of likely N-dealkylation sites (N-methyl/N-ethyl adjacent to an activating group) is 1. The molecule has 2 aliphatic rings. The minimum absolute atomic E-state index is 0.734. The molecule has 0 aliphatic carbocycles. The van der Waals surface area contributed by atoms with Crippen molar-refractivity contribution in [3.8, 4) is 0 Å². The molecule has 1 unspecified atom stereocenters. The van der Waals surface area contributed by atoms with Gasteiger partial charge in [0.05, 0.1) is 0 Å². The summed E-state index contributed by atoms with van der Waals surface area (Å²) < 4.78 is 0. The second kappa shape index (κ2) is 6.04. The third-order valence-electron chi connectivity index (χ3n) is 4.51. The monoisotopic (exact) mass is 259 g/mol. The summed E-state index contributed by atoms with van der Waals surface area (Å²) in [5, 5.41) is 3.44. The average molecular weight is 259 g/mol. The first kappa shape index (κ1) is 13.1. The van der Waals surface area contributed by atoms with Crippen LogP contribution < -0.4 is 5.32 Å². The summed E-state index contributed by atoms with van der Waals surface area (Å²) in [5.74, 6) is 0.734. The van der Waals surface area contributed by atoms with E-state index >= 15 is 0 Å². The van der Waals surface area contributed by atoms with Gasteiger partial charge in [0.15, 0.2) is 0 Å². The van der Waals surface area contributed by atoms with E-state index in [2.05, 4.69) is 46.4 Å². The molecule has 0 radical (unpaired) electrons. The van der Waals surface area contributed by atoms with Crippen molar-refractivity contribution >= 4 is 0 Å². The fourth-order valence-corrected chi connectivity index (χ4v) is 3.10. The second-order valence-electron chi connectivity index (χ2n) is 6.01. The zero-order valence-electron chi connectivity index (χ0n) is 11.9. The Morgan fingerprint density at radius 2 is 1.84 bits per heavy atom. The summed E-state index contributed by atoms with van der Waals surface area (Å²) >= 11 is 0. The highest BCUT2D eigenvalue weighted by Gasteiger charge is 2.17. The van der Waals surface area contributed by atoms with E-state index in [1.165, 1.54) is 50.3 Å². The smallest absolute Gasteiger partial charge is 0.0234 e. The van der Waals surface area contributed by atoms with E-state index in [4.69, 9.17) is 0 Å². The van der Waals surface area contributed by atoms with Crippen LogP contribution in [-0.2, 0) is 6.54 Å². The number of rotatable bonds is 3. The van der Waals surface area contributed by atoms with E-state index < -0.39 is 0 Å². The van der Waals surface area contributed by atoms with Gasteiger partial charge in [0, 0.05) is 39.3 Å². The van der Waals surface area contributed by atoms with Gasteiger partial charge in [-0.25, -0.2) is 0 Å². The lowest BCUT2D eigenvalue weighted by atomic mass is 9.97. The van der Waals surface area contributed by atoms with E-state index in [1.54, 1.807) is 0 Å². The van der Waals surface area contributed by atoms with Crippen LogP contribution in [0.5, 0.6) is 0 Å². The molecule has 2 heterocycles. The maximum absolute atomic E-state index is 3.44. The number of nitrogens with zero attached hydrogens (tertiary/aromatic N) is 2. The summed E-state index contributed by atoms with van der Waals surface area (Å²) in [6.07, 6.45) is 1.29. The van der Waals surface area contributed by atoms with Crippen molar-refractivity contribution in [3.63, 3.8) is 0 Å². The minimum Gasteiger partial charge on any atom is -0.316 e. The fourth-order valence-electron chi connectivity index (χ4n) is 3.10. The normalized spacial score (nSPS) is 25.8. The van der Waals surface area contributed by atoms with Gasteiger partial charge < -0.3 is 10.2 Å². The van der Waals surface area contributed by atoms with Crippen molar-refractivity contribution in [2.75, 3.05) is 46.3 Å². The fraction of sp³-hybridized carbons (Fsp3) is 0.625. The maximum Gasteiger partial charge on any atom is 0.0234 e. The lowest BCUT2D eigenvalue weighted by molar-refractivity contribution is 0.148. The molecule has 1 N–H and O–H groups in total. The van der Waals surface area contributed by atoms with E-state index in [1.807, 2.05) is 0 Å². The molecule has 3 rings (SSSR count). The molecule has 0 amide bonds. The molecule has 1 aromatic carbocycles. The summed E-state index contributed by atoms with van der Waals surface area (Å²) in [6.45, 7) is 8.23. The van der Waals surface area contributed by atoms with Gasteiger partial charge in [-0.1, -0.05) is 24.3 Å². The van der Waals surface area contributed by atoms with Gasteiger partial charge in [-0.2, -0.15) is 0 Å². The first-order valence-corrected chi connectivity index (χ1v) is 7.52. The van der Waals surface area contributed by atoms with Gasteiger partial charge in [0.25, 0.3) is 0 Å². The van der Waals surface area contributed by atoms with E-state index in [0.29, 0.717) is 0 Å². The molecule has 3 nitrogen and oxygen atoms in total. The van der Waals surface area contributed by atoms with Gasteiger partial charge in [0.2, 0.25) is 0 Å². The Morgan fingerprint density at radius 1 is 1.11 bits per heavy atom. The number of hydrogen-bond donors (Lipinski definition) is 1. The summed E-state index contributed by atoms with van der Waals surface area (Å²) in [5.41, 5.74) is 2.96. The van der Waals surface area contributed by atoms with Crippen molar-refractivity contribution in [1.29, 1.82) is 0 Å². The lowest BCUT2D eigenvalue weighted by Gasteiger charge is -2.32. The van der Waals surface area contributed by atoms with Crippen molar-refractivity contribution in [2.24, 2.45) is 0 Å². The summed E-state index contributed by atoms with van der Waals surface area (Å²) in [7, 11) is 2.21. The highest BCUT2D eigenvalue weighted by Crippen LogP contribution is 2.22. The van der Waals surface area contributed by atoms with Crippen LogP contribution in [0.2, 0.25) is 0 Å². The van der Waals surface area contributed by atoms with Gasteiger partial charge in [-0.05, 0) is 37.1 Å². The third-order valence-corrected chi connectivity index (χ3v) is 4.51. The van der Waals surface area contributed by atoms with Crippen LogP contribution in [-0.4, -0.2) is 56.1 Å². The van der Waals surface area contributed by atoms with Crippen LogP contribution in [0.15, 0.2) is 24.3 Å². The summed E-state index contributed by atoms with van der Waals surface area (Å²) in [6, 6.07) is 9.32. The molecule has 0 bridgehead atoms. The molecule has 0 saturated carbocycles. The van der Waals surface area contributed by atoms with Crippen molar-refractivity contribution in [3.05, 3.63) is 35.4 Å². The van der Waals surface area contributed by atoms with E-state index in [-0.39, 0.29) is 0 Å². The molecule has 0 aromatic heterocycles. The van der Waals surface area contributed by atoms with Crippen molar-refractivity contribution in [1.82, 2.24) is 15.1 Å². The standard InChI is InChI=1S/C16H25N3/c1-18-8-10-19(11-9-18)13-14-2-4-15(5-3-14)16-6-7-17-12-16/h2-5,16-17H,6-13H2,1H3. The molecule has 19 heavy (non-hydrogen) atoms. The Labute approximate surface area is 116 Å². The van der Waals surface area contributed by atoms with Gasteiger partial charge in [-0.3, -0.25) is 4.90 Å². The van der Waals surface area contributed by atoms with Crippen LogP contribution in [0, 0.1) is 0 Å². The predicted octanol–water partition coefficient (Wildman–Crippen LogP) is 1.51. The van der Waals surface area contributed by atoms with Gasteiger partial charge in [0.1, 0.15) is 0 Å². The third kappa shape index (κ3) is 3.35. The van der Waals surface area contributed by atoms with Crippen molar-refractivity contribution in [2.45, 2.75) is 18.9 Å². The Kier molecular flexibility index (Phi) is 4.16. The molecule has 2 aliphatic heterocycles. The Bertz CT molecular complexity index is 387. The number of hydrogen-bond acceptors (Lipinski definition) is 3. The van der Waals surface area contributed by atoms with Gasteiger partial charge in [-0.15, -0.1) is 0 Å². The molecular weight excluding hydrogens is 234 g/mol. The maximum atomic E-state index is 3.44. The number of benzene rings is 1. The Balaban J connectivity index is 1.56. The van der Waals surface area contributed by atoms with Crippen LogP contribution in [0.25, 0.3) is 0 Å². The highest BCUT2D eigenvalue weighted by molar-refractivity contribution is 5.26. The number of nitrogens with one attached hydrogen (secondary N) is 1. The van der Waals surface area contributed by atoms with E-state index in [9.17, 15) is 0 Å². The molecular formula is C16H25N3. The topological polar surface area (TPSA) is 18.5 Å². The quantitative estimate of drug-likeness (QED) is 0.888. The lowest BCUT2D eigenvalue weighted by Crippen LogP contribution is -2.43. The first-order valence-electron chi connectivity index (χ1n) is 7.52. The highest BCUT2D eigenvalue weighted by atomic mass is 15.2. The molecule has 1 atom stereocenters.